The Labute approximate surface area is 131 Å². The summed E-state index contributed by atoms with van der Waals surface area (Å²) in [5, 5.41) is 9.55. The average molecular weight is 311 g/mol. The fraction of sp³-hybridized carbons (Fsp3) is 0.118. The number of carbonyl (C=O) groups is 3. The maximum absolute atomic E-state index is 12.1. The van der Waals surface area contributed by atoms with Crippen molar-refractivity contribution in [1.82, 2.24) is 5.06 Å². The number of amides is 2. The minimum Gasteiger partial charge on any atom is -0.481 e. The molecule has 2 aromatic rings. The lowest BCUT2D eigenvalue weighted by Gasteiger charge is -2.13. The van der Waals surface area contributed by atoms with Crippen molar-refractivity contribution < 1.29 is 24.3 Å². The van der Waals surface area contributed by atoms with Crippen molar-refractivity contribution in [2.75, 3.05) is 0 Å². The van der Waals surface area contributed by atoms with Crippen LogP contribution in [0.3, 0.4) is 0 Å². The van der Waals surface area contributed by atoms with E-state index in [0.717, 1.165) is 5.06 Å². The van der Waals surface area contributed by atoms with E-state index < -0.39 is 17.8 Å². The zero-order chi connectivity index (χ0) is 16.4. The third kappa shape index (κ3) is 2.97. The number of benzene rings is 2. The Bertz CT molecular complexity index is 764. The standard InChI is InChI=1S/C17H13NO5/c19-15(20)9-11-4-3-5-12(8-11)10-23-18-16(21)13-6-1-2-7-14(13)17(18)22/h1-8H,9-10H2,(H,19,20). The Morgan fingerprint density at radius 3 is 2.17 bits per heavy atom. The summed E-state index contributed by atoms with van der Waals surface area (Å²) in [6.07, 6.45) is -0.0964. The first-order valence-corrected chi connectivity index (χ1v) is 6.96. The van der Waals surface area contributed by atoms with Gasteiger partial charge in [-0.3, -0.25) is 19.2 Å². The molecule has 1 N–H and O–H groups in total. The number of carboxylic acids is 1. The van der Waals surface area contributed by atoms with Crippen LogP contribution >= 0.6 is 0 Å². The second-order valence-corrected chi connectivity index (χ2v) is 5.11. The van der Waals surface area contributed by atoms with E-state index in [4.69, 9.17) is 9.94 Å². The molecule has 6 heteroatoms. The van der Waals surface area contributed by atoms with Gasteiger partial charge in [0.15, 0.2) is 0 Å². The predicted octanol–water partition coefficient (Wildman–Crippen LogP) is 2.04. The van der Waals surface area contributed by atoms with Gasteiger partial charge in [-0.15, -0.1) is 5.06 Å². The molecule has 0 radical (unpaired) electrons. The van der Waals surface area contributed by atoms with Crippen molar-refractivity contribution in [2.45, 2.75) is 13.0 Å². The second kappa shape index (κ2) is 6.02. The van der Waals surface area contributed by atoms with Gasteiger partial charge in [-0.05, 0) is 23.3 Å². The third-order valence-electron chi connectivity index (χ3n) is 3.46. The maximum Gasteiger partial charge on any atom is 0.307 e. The van der Waals surface area contributed by atoms with Crippen molar-refractivity contribution in [2.24, 2.45) is 0 Å². The molecule has 116 valence electrons. The molecule has 0 bridgehead atoms. The molecule has 1 aliphatic rings. The van der Waals surface area contributed by atoms with Crippen LogP contribution in [0.1, 0.15) is 31.8 Å². The highest BCUT2D eigenvalue weighted by Gasteiger charge is 2.36. The Balaban J connectivity index is 1.71. The number of nitrogens with zero attached hydrogens (tertiary/aromatic N) is 1. The maximum atomic E-state index is 12.1. The summed E-state index contributed by atoms with van der Waals surface area (Å²) in [7, 11) is 0. The first-order valence-electron chi connectivity index (χ1n) is 6.96. The number of carboxylic acid groups (broad SMARTS) is 1. The van der Waals surface area contributed by atoms with Gasteiger partial charge in [0.2, 0.25) is 0 Å². The molecule has 0 aromatic heterocycles. The molecule has 3 rings (SSSR count). The van der Waals surface area contributed by atoms with Crippen LogP contribution in [-0.4, -0.2) is 28.0 Å². The van der Waals surface area contributed by atoms with Gasteiger partial charge in [-0.25, -0.2) is 0 Å². The minimum atomic E-state index is -0.927. The summed E-state index contributed by atoms with van der Waals surface area (Å²) in [6, 6.07) is 13.3. The van der Waals surface area contributed by atoms with Crippen LogP contribution in [0.5, 0.6) is 0 Å². The average Bonchev–Trinajstić information content (AvgIpc) is 2.77. The molecule has 23 heavy (non-hydrogen) atoms. The first-order chi connectivity index (χ1) is 11.1. The highest BCUT2D eigenvalue weighted by atomic mass is 16.7. The van der Waals surface area contributed by atoms with Crippen LogP contribution in [0.15, 0.2) is 48.5 Å². The van der Waals surface area contributed by atoms with Crippen molar-refractivity contribution in [3.63, 3.8) is 0 Å². The largest absolute Gasteiger partial charge is 0.481 e. The van der Waals surface area contributed by atoms with E-state index in [1.165, 1.54) is 0 Å². The van der Waals surface area contributed by atoms with E-state index in [2.05, 4.69) is 0 Å². The monoisotopic (exact) mass is 311 g/mol. The summed E-state index contributed by atoms with van der Waals surface area (Å²) < 4.78 is 0. The minimum absolute atomic E-state index is 0.00106. The summed E-state index contributed by atoms with van der Waals surface area (Å²) in [6.45, 7) is -0.00106. The molecule has 2 amide bonds. The molecule has 0 aliphatic carbocycles. The van der Waals surface area contributed by atoms with Gasteiger partial charge in [0, 0.05) is 0 Å². The smallest absolute Gasteiger partial charge is 0.307 e. The predicted molar refractivity (Wildman–Crippen MR) is 79.5 cm³/mol. The number of imide groups is 1. The number of hydrogen-bond donors (Lipinski definition) is 1. The molecular weight excluding hydrogens is 298 g/mol. The summed E-state index contributed by atoms with van der Waals surface area (Å²) in [5.74, 6) is -1.91. The van der Waals surface area contributed by atoms with Crippen LogP contribution in [-0.2, 0) is 22.7 Å². The zero-order valence-corrected chi connectivity index (χ0v) is 12.1. The van der Waals surface area contributed by atoms with E-state index in [1.54, 1.807) is 48.5 Å². The Kier molecular flexibility index (Phi) is 3.91. The number of hydrogen-bond acceptors (Lipinski definition) is 4. The highest BCUT2D eigenvalue weighted by Crippen LogP contribution is 2.23. The van der Waals surface area contributed by atoms with Gasteiger partial charge >= 0.3 is 5.97 Å². The molecule has 0 spiro atoms. The van der Waals surface area contributed by atoms with E-state index in [1.807, 2.05) is 0 Å². The Hall–Kier alpha value is -2.99. The molecule has 0 fully saturated rings. The first kappa shape index (κ1) is 14.9. The van der Waals surface area contributed by atoms with Crippen molar-refractivity contribution in [3.05, 3.63) is 70.8 Å². The van der Waals surface area contributed by atoms with Crippen LogP contribution in [0.25, 0.3) is 0 Å². The van der Waals surface area contributed by atoms with Gasteiger partial charge in [0.1, 0.15) is 6.61 Å². The number of hydroxylamine groups is 2. The molecule has 0 atom stereocenters. The van der Waals surface area contributed by atoms with Crippen molar-refractivity contribution >= 4 is 17.8 Å². The number of fused-ring (bicyclic) bond motifs is 1. The van der Waals surface area contributed by atoms with Crippen LogP contribution in [0.2, 0.25) is 0 Å². The number of carbonyl (C=O) groups excluding carboxylic acids is 2. The topological polar surface area (TPSA) is 83.9 Å². The molecule has 1 heterocycles. The number of aliphatic carboxylic acids is 1. The van der Waals surface area contributed by atoms with Crippen molar-refractivity contribution in [1.29, 1.82) is 0 Å². The Morgan fingerprint density at radius 1 is 0.957 bits per heavy atom. The van der Waals surface area contributed by atoms with Crippen LogP contribution in [0, 0.1) is 0 Å². The molecule has 0 unspecified atom stereocenters. The lowest BCUT2D eigenvalue weighted by molar-refractivity contribution is -0.136. The van der Waals surface area contributed by atoms with Gasteiger partial charge in [0.25, 0.3) is 11.8 Å². The molecule has 6 nitrogen and oxygen atoms in total. The molecule has 0 saturated carbocycles. The fourth-order valence-electron chi connectivity index (χ4n) is 2.43. The van der Waals surface area contributed by atoms with E-state index in [9.17, 15) is 14.4 Å². The SMILES string of the molecule is O=C(O)Cc1cccc(CON2C(=O)c3ccccc3C2=O)c1. The quantitative estimate of drug-likeness (QED) is 0.854. The number of rotatable bonds is 5. The van der Waals surface area contributed by atoms with E-state index in [-0.39, 0.29) is 13.0 Å². The molecule has 1 aliphatic heterocycles. The molecule has 2 aromatic carbocycles. The zero-order valence-electron chi connectivity index (χ0n) is 12.1. The van der Waals surface area contributed by atoms with Crippen molar-refractivity contribution in [3.8, 4) is 0 Å². The Morgan fingerprint density at radius 2 is 1.57 bits per heavy atom. The summed E-state index contributed by atoms with van der Waals surface area (Å²) in [4.78, 5) is 40.4. The van der Waals surface area contributed by atoms with Gasteiger partial charge in [-0.1, -0.05) is 36.4 Å². The van der Waals surface area contributed by atoms with Crippen LogP contribution in [0.4, 0.5) is 0 Å². The third-order valence-corrected chi connectivity index (χ3v) is 3.46. The van der Waals surface area contributed by atoms with Gasteiger partial charge in [-0.2, -0.15) is 0 Å². The lowest BCUT2D eigenvalue weighted by atomic mass is 10.1. The van der Waals surface area contributed by atoms with E-state index in [0.29, 0.717) is 22.3 Å². The normalized spacial score (nSPS) is 13.3. The summed E-state index contributed by atoms with van der Waals surface area (Å²) >= 11 is 0. The summed E-state index contributed by atoms with van der Waals surface area (Å²) in [5.41, 5.74) is 1.94. The van der Waals surface area contributed by atoms with E-state index >= 15 is 0 Å². The fourth-order valence-corrected chi connectivity index (χ4v) is 2.43. The highest BCUT2D eigenvalue weighted by molar-refractivity contribution is 6.20. The second-order valence-electron chi connectivity index (χ2n) is 5.11. The van der Waals surface area contributed by atoms with Crippen LogP contribution < -0.4 is 0 Å². The lowest BCUT2D eigenvalue weighted by Crippen LogP contribution is -2.29. The van der Waals surface area contributed by atoms with Gasteiger partial charge < -0.3 is 5.11 Å². The molecule has 0 saturated heterocycles. The van der Waals surface area contributed by atoms with Gasteiger partial charge in [0.05, 0.1) is 17.5 Å². The molecular formula is C17H13NO5.